The molecule has 0 unspecified atom stereocenters. The van der Waals surface area contributed by atoms with Gasteiger partial charge in [0.05, 0.1) is 0 Å². The average molecular weight is 231 g/mol. The number of hydrogen-bond donors (Lipinski definition) is 1. The first-order valence-electron chi connectivity index (χ1n) is 5.63. The minimum absolute atomic E-state index is 0.106. The Bertz CT molecular complexity index is 554. The molecule has 2 aromatic heterocycles. The third kappa shape index (κ3) is 1.52. The maximum absolute atomic E-state index is 11.7. The lowest BCUT2D eigenvalue weighted by molar-refractivity contribution is 0.678. The molecule has 0 aliphatic heterocycles. The van der Waals surface area contributed by atoms with Crippen LogP contribution in [0.25, 0.3) is 10.4 Å². The van der Waals surface area contributed by atoms with Crippen LogP contribution in [0, 0.1) is 0 Å². The fourth-order valence-corrected chi connectivity index (χ4v) is 3.19. The van der Waals surface area contributed by atoms with Crippen molar-refractivity contribution in [3.63, 3.8) is 0 Å². The number of hydrogen-bond acceptors (Lipinski definition) is 2. The van der Waals surface area contributed by atoms with Crippen LogP contribution in [0.4, 0.5) is 0 Å². The maximum Gasteiger partial charge on any atom is 0.251 e. The fourth-order valence-electron chi connectivity index (χ4n) is 2.42. The number of thiophene rings is 1. The Kier molecular flexibility index (Phi) is 2.40. The van der Waals surface area contributed by atoms with Gasteiger partial charge in [0.2, 0.25) is 0 Å². The Morgan fingerprint density at radius 3 is 2.75 bits per heavy atom. The van der Waals surface area contributed by atoms with E-state index < -0.39 is 0 Å². The van der Waals surface area contributed by atoms with E-state index in [0.717, 1.165) is 24.8 Å². The molecule has 2 heterocycles. The van der Waals surface area contributed by atoms with E-state index in [2.05, 4.69) is 22.5 Å². The van der Waals surface area contributed by atoms with E-state index in [9.17, 15) is 4.79 Å². The number of pyridine rings is 1. The topological polar surface area (TPSA) is 32.9 Å². The number of rotatable bonds is 1. The molecule has 0 saturated carbocycles. The summed E-state index contributed by atoms with van der Waals surface area (Å²) in [6.07, 6.45) is 6.20. The summed E-state index contributed by atoms with van der Waals surface area (Å²) in [5, 5.41) is 2.08. The molecule has 3 heteroatoms. The monoisotopic (exact) mass is 231 g/mol. The van der Waals surface area contributed by atoms with Crippen LogP contribution in [0.15, 0.2) is 28.5 Å². The van der Waals surface area contributed by atoms with Crippen molar-refractivity contribution in [2.75, 3.05) is 0 Å². The maximum atomic E-state index is 11.7. The summed E-state index contributed by atoms with van der Waals surface area (Å²) in [4.78, 5) is 15.9. The predicted octanol–water partition coefficient (Wildman–Crippen LogP) is 2.98. The molecule has 0 aromatic carbocycles. The second-order valence-corrected chi connectivity index (χ2v) is 5.12. The second kappa shape index (κ2) is 3.91. The lowest BCUT2D eigenvalue weighted by Crippen LogP contribution is -2.19. The minimum Gasteiger partial charge on any atom is -0.328 e. The first-order chi connectivity index (χ1) is 7.86. The van der Waals surface area contributed by atoms with Gasteiger partial charge in [-0.15, -0.1) is 11.3 Å². The van der Waals surface area contributed by atoms with Crippen LogP contribution in [0.3, 0.4) is 0 Å². The third-order valence-electron chi connectivity index (χ3n) is 3.20. The quantitative estimate of drug-likeness (QED) is 0.804. The lowest BCUT2D eigenvalue weighted by Gasteiger charge is -2.17. The summed E-state index contributed by atoms with van der Waals surface area (Å²) in [5.41, 5.74) is 3.62. The summed E-state index contributed by atoms with van der Waals surface area (Å²) in [5.74, 6) is 0. The van der Waals surface area contributed by atoms with Crippen LogP contribution >= 0.6 is 11.3 Å². The highest BCUT2D eigenvalue weighted by Gasteiger charge is 2.17. The van der Waals surface area contributed by atoms with Gasteiger partial charge in [0.1, 0.15) is 0 Å². The Balaban J connectivity index is 2.23. The molecule has 1 aliphatic rings. The van der Waals surface area contributed by atoms with E-state index in [1.54, 1.807) is 11.3 Å². The molecule has 2 nitrogen and oxygen atoms in total. The third-order valence-corrected chi connectivity index (χ3v) is 4.10. The molecule has 1 N–H and O–H groups in total. The standard InChI is InChI=1S/C13H13NOS/c15-13-10-5-2-1-4-9(10)11(8-14-13)12-6-3-7-16-12/h3,6-8H,1-2,4-5H2,(H,14,15). The van der Waals surface area contributed by atoms with Crippen molar-refractivity contribution in [1.29, 1.82) is 0 Å². The van der Waals surface area contributed by atoms with Crippen LogP contribution in [0.5, 0.6) is 0 Å². The van der Waals surface area contributed by atoms with E-state index in [-0.39, 0.29) is 5.56 Å². The molecule has 1 aliphatic carbocycles. The summed E-state index contributed by atoms with van der Waals surface area (Å²) in [7, 11) is 0. The number of aromatic amines is 1. The zero-order chi connectivity index (χ0) is 11.0. The number of nitrogens with one attached hydrogen (secondary N) is 1. The normalized spacial score (nSPS) is 14.8. The van der Waals surface area contributed by atoms with Gasteiger partial charge in [-0.25, -0.2) is 0 Å². The summed E-state index contributed by atoms with van der Waals surface area (Å²) in [6, 6.07) is 4.17. The Labute approximate surface area is 98.0 Å². The lowest BCUT2D eigenvalue weighted by atomic mass is 9.89. The van der Waals surface area contributed by atoms with Gasteiger partial charge in [-0.1, -0.05) is 6.07 Å². The van der Waals surface area contributed by atoms with Crippen molar-refractivity contribution >= 4 is 11.3 Å². The largest absolute Gasteiger partial charge is 0.328 e. The van der Waals surface area contributed by atoms with Crippen molar-refractivity contribution in [3.8, 4) is 10.4 Å². The minimum atomic E-state index is 0.106. The molecule has 16 heavy (non-hydrogen) atoms. The number of fused-ring (bicyclic) bond motifs is 1. The zero-order valence-corrected chi connectivity index (χ0v) is 9.77. The summed E-state index contributed by atoms with van der Waals surface area (Å²) in [6.45, 7) is 0. The van der Waals surface area contributed by atoms with Crippen molar-refractivity contribution in [1.82, 2.24) is 4.98 Å². The summed E-state index contributed by atoms with van der Waals surface area (Å²) < 4.78 is 0. The fraction of sp³-hybridized carbons (Fsp3) is 0.308. The summed E-state index contributed by atoms with van der Waals surface area (Å²) >= 11 is 1.73. The Morgan fingerprint density at radius 2 is 2.00 bits per heavy atom. The first kappa shape index (κ1) is 9.85. The highest BCUT2D eigenvalue weighted by molar-refractivity contribution is 7.13. The molecule has 82 valence electrons. The molecule has 0 radical (unpaired) electrons. The second-order valence-electron chi connectivity index (χ2n) is 4.17. The van der Waals surface area contributed by atoms with Crippen LogP contribution in [0.1, 0.15) is 24.0 Å². The van der Waals surface area contributed by atoms with Gasteiger partial charge in [-0.3, -0.25) is 4.79 Å². The molecule has 0 fully saturated rings. The van der Waals surface area contributed by atoms with Gasteiger partial charge >= 0.3 is 0 Å². The zero-order valence-electron chi connectivity index (χ0n) is 8.95. The van der Waals surface area contributed by atoms with Gasteiger partial charge in [0, 0.05) is 22.2 Å². The first-order valence-corrected chi connectivity index (χ1v) is 6.51. The van der Waals surface area contributed by atoms with E-state index in [0.29, 0.717) is 0 Å². The average Bonchev–Trinajstić information content (AvgIpc) is 2.83. The molecule has 0 amide bonds. The molecular formula is C13H13NOS. The highest BCUT2D eigenvalue weighted by Crippen LogP contribution is 2.31. The van der Waals surface area contributed by atoms with Crippen molar-refractivity contribution in [3.05, 3.63) is 45.2 Å². The van der Waals surface area contributed by atoms with Crippen LogP contribution in [-0.2, 0) is 12.8 Å². The van der Waals surface area contributed by atoms with Gasteiger partial charge in [0.25, 0.3) is 5.56 Å². The van der Waals surface area contributed by atoms with Crippen LogP contribution < -0.4 is 5.56 Å². The molecule has 3 rings (SSSR count). The van der Waals surface area contributed by atoms with E-state index >= 15 is 0 Å². The molecular weight excluding hydrogens is 218 g/mol. The predicted molar refractivity (Wildman–Crippen MR) is 67.0 cm³/mol. The smallest absolute Gasteiger partial charge is 0.251 e. The molecule has 0 bridgehead atoms. The van der Waals surface area contributed by atoms with Gasteiger partial charge in [-0.2, -0.15) is 0 Å². The van der Waals surface area contributed by atoms with E-state index in [1.807, 2.05) is 6.20 Å². The van der Waals surface area contributed by atoms with Gasteiger partial charge < -0.3 is 4.98 Å². The van der Waals surface area contributed by atoms with E-state index in [1.165, 1.54) is 22.4 Å². The van der Waals surface area contributed by atoms with Gasteiger partial charge in [-0.05, 0) is 42.7 Å². The number of H-pyrrole nitrogens is 1. The van der Waals surface area contributed by atoms with Crippen molar-refractivity contribution < 1.29 is 0 Å². The van der Waals surface area contributed by atoms with Crippen LogP contribution in [-0.4, -0.2) is 4.98 Å². The highest BCUT2D eigenvalue weighted by atomic mass is 32.1. The Morgan fingerprint density at radius 1 is 1.19 bits per heavy atom. The van der Waals surface area contributed by atoms with Gasteiger partial charge in [0.15, 0.2) is 0 Å². The Hall–Kier alpha value is -1.35. The molecule has 0 spiro atoms. The molecule has 2 aromatic rings. The van der Waals surface area contributed by atoms with Crippen LogP contribution in [0.2, 0.25) is 0 Å². The van der Waals surface area contributed by atoms with Crippen molar-refractivity contribution in [2.24, 2.45) is 0 Å². The van der Waals surface area contributed by atoms with Crippen molar-refractivity contribution in [2.45, 2.75) is 25.7 Å². The molecule has 0 saturated heterocycles. The van der Waals surface area contributed by atoms with E-state index in [4.69, 9.17) is 0 Å². The number of aromatic nitrogens is 1. The SMILES string of the molecule is O=c1[nH]cc(-c2cccs2)c2c1CCCC2. The molecule has 0 atom stereocenters.